The molecule has 0 fully saturated rings. The maximum Gasteiger partial charge on any atom is 0.260 e. The molecule has 2 N–H and O–H groups in total. The fourth-order valence-corrected chi connectivity index (χ4v) is 1.86. The van der Waals surface area contributed by atoms with Crippen LogP contribution in [-0.4, -0.2) is 32.2 Å². The van der Waals surface area contributed by atoms with Crippen LogP contribution in [0.25, 0.3) is 0 Å². The molecule has 0 aliphatic heterocycles. The Morgan fingerprint density at radius 1 is 1.14 bits per heavy atom. The van der Waals surface area contributed by atoms with Crippen LogP contribution in [-0.2, 0) is 4.79 Å². The highest BCUT2D eigenvalue weighted by molar-refractivity contribution is 5.81. The van der Waals surface area contributed by atoms with Crippen LogP contribution in [0.2, 0.25) is 0 Å². The second-order valence-corrected chi connectivity index (χ2v) is 5.34. The Bertz CT molecular complexity index is 475. The van der Waals surface area contributed by atoms with E-state index in [4.69, 9.17) is 9.47 Å². The van der Waals surface area contributed by atoms with Crippen LogP contribution in [0, 0.1) is 0 Å². The summed E-state index contributed by atoms with van der Waals surface area (Å²) in [6.07, 6.45) is -0.575. The molecule has 2 unspecified atom stereocenters. The third kappa shape index (κ3) is 4.93. The van der Waals surface area contributed by atoms with Crippen LogP contribution in [0.4, 0.5) is 0 Å². The third-order valence-electron chi connectivity index (χ3n) is 3.22. The molecular weight excluding hydrogens is 268 g/mol. The molecule has 0 bridgehead atoms. The van der Waals surface area contributed by atoms with Crippen molar-refractivity contribution in [3.8, 4) is 11.5 Å². The van der Waals surface area contributed by atoms with Gasteiger partial charge in [-0.1, -0.05) is 6.07 Å². The summed E-state index contributed by atoms with van der Waals surface area (Å²) in [5.41, 5.74) is 1.10. The van der Waals surface area contributed by atoms with E-state index in [0.29, 0.717) is 11.5 Å². The number of amides is 1. The maximum absolute atomic E-state index is 11.9. The van der Waals surface area contributed by atoms with Gasteiger partial charge in [0.05, 0.1) is 7.11 Å². The first kappa shape index (κ1) is 17.3. The Labute approximate surface area is 127 Å². The molecule has 1 aromatic carbocycles. The lowest BCUT2D eigenvalue weighted by Gasteiger charge is -2.19. The van der Waals surface area contributed by atoms with Gasteiger partial charge in [-0.15, -0.1) is 0 Å². The SMILES string of the molecule is CNC(C)c1ccc(OC(C)C(=O)NC(C)C)c(OC)c1. The number of methoxy groups -OCH3 is 1. The maximum atomic E-state index is 11.9. The summed E-state index contributed by atoms with van der Waals surface area (Å²) in [4.78, 5) is 11.9. The largest absolute Gasteiger partial charge is 0.493 e. The van der Waals surface area contributed by atoms with Crippen LogP contribution in [0.5, 0.6) is 11.5 Å². The van der Waals surface area contributed by atoms with Crippen molar-refractivity contribution in [1.29, 1.82) is 0 Å². The number of ether oxygens (including phenoxy) is 2. The van der Waals surface area contributed by atoms with Crippen molar-refractivity contribution in [3.63, 3.8) is 0 Å². The van der Waals surface area contributed by atoms with Crippen molar-refractivity contribution in [2.45, 2.75) is 45.9 Å². The summed E-state index contributed by atoms with van der Waals surface area (Å²) in [6, 6.07) is 6.02. The zero-order chi connectivity index (χ0) is 16.0. The first-order chi connectivity index (χ1) is 9.88. The average molecular weight is 294 g/mol. The van der Waals surface area contributed by atoms with Gasteiger partial charge in [-0.3, -0.25) is 4.79 Å². The lowest BCUT2D eigenvalue weighted by Crippen LogP contribution is -2.40. The fraction of sp³-hybridized carbons (Fsp3) is 0.562. The minimum Gasteiger partial charge on any atom is -0.493 e. The van der Waals surface area contributed by atoms with E-state index in [1.165, 1.54) is 0 Å². The smallest absolute Gasteiger partial charge is 0.260 e. The van der Waals surface area contributed by atoms with Crippen molar-refractivity contribution < 1.29 is 14.3 Å². The molecule has 118 valence electrons. The van der Waals surface area contributed by atoms with Crippen LogP contribution in [0.15, 0.2) is 18.2 Å². The molecule has 5 heteroatoms. The first-order valence-electron chi connectivity index (χ1n) is 7.21. The lowest BCUT2D eigenvalue weighted by molar-refractivity contribution is -0.127. The highest BCUT2D eigenvalue weighted by Crippen LogP contribution is 2.31. The van der Waals surface area contributed by atoms with Gasteiger partial charge < -0.3 is 20.1 Å². The van der Waals surface area contributed by atoms with E-state index in [0.717, 1.165) is 5.56 Å². The fourth-order valence-electron chi connectivity index (χ4n) is 1.86. The molecule has 1 rings (SSSR count). The highest BCUT2D eigenvalue weighted by atomic mass is 16.5. The van der Waals surface area contributed by atoms with Gasteiger partial charge in [-0.25, -0.2) is 0 Å². The van der Waals surface area contributed by atoms with Gasteiger partial charge in [-0.2, -0.15) is 0 Å². The minimum atomic E-state index is -0.575. The van der Waals surface area contributed by atoms with Crippen LogP contribution in [0.3, 0.4) is 0 Å². The molecule has 0 aliphatic rings. The summed E-state index contributed by atoms with van der Waals surface area (Å²) in [7, 11) is 3.49. The predicted molar refractivity (Wildman–Crippen MR) is 83.8 cm³/mol. The van der Waals surface area contributed by atoms with E-state index in [2.05, 4.69) is 17.6 Å². The summed E-state index contributed by atoms with van der Waals surface area (Å²) < 4.78 is 11.1. The molecule has 21 heavy (non-hydrogen) atoms. The van der Waals surface area contributed by atoms with E-state index in [9.17, 15) is 4.79 Å². The van der Waals surface area contributed by atoms with Crippen molar-refractivity contribution in [2.24, 2.45) is 0 Å². The van der Waals surface area contributed by atoms with Crippen LogP contribution < -0.4 is 20.1 Å². The normalized spacial score (nSPS) is 13.7. The van der Waals surface area contributed by atoms with Crippen LogP contribution >= 0.6 is 0 Å². The van der Waals surface area contributed by atoms with Gasteiger partial charge in [0.1, 0.15) is 0 Å². The van der Waals surface area contributed by atoms with E-state index in [1.54, 1.807) is 14.0 Å². The van der Waals surface area contributed by atoms with Crippen molar-refractivity contribution in [2.75, 3.05) is 14.2 Å². The van der Waals surface area contributed by atoms with Gasteiger partial charge in [0.2, 0.25) is 0 Å². The number of rotatable bonds is 7. The molecule has 0 saturated carbocycles. The quantitative estimate of drug-likeness (QED) is 0.810. The molecule has 5 nitrogen and oxygen atoms in total. The zero-order valence-electron chi connectivity index (χ0n) is 13.7. The summed E-state index contributed by atoms with van der Waals surface area (Å²) in [5.74, 6) is 1.05. The van der Waals surface area contributed by atoms with E-state index >= 15 is 0 Å². The second-order valence-electron chi connectivity index (χ2n) is 5.34. The molecule has 0 spiro atoms. The van der Waals surface area contributed by atoms with Gasteiger partial charge in [0.25, 0.3) is 5.91 Å². The Morgan fingerprint density at radius 3 is 2.33 bits per heavy atom. The van der Waals surface area contributed by atoms with Gasteiger partial charge in [0.15, 0.2) is 17.6 Å². The van der Waals surface area contributed by atoms with Crippen molar-refractivity contribution >= 4 is 5.91 Å². The standard InChI is InChI=1S/C16H26N2O3/c1-10(2)18-16(19)12(4)21-14-8-7-13(11(3)17-5)9-15(14)20-6/h7-12,17H,1-6H3,(H,18,19). The molecule has 1 aromatic rings. The highest BCUT2D eigenvalue weighted by Gasteiger charge is 2.18. The Kier molecular flexibility index (Phi) is 6.49. The zero-order valence-corrected chi connectivity index (χ0v) is 13.7. The number of hydrogen-bond acceptors (Lipinski definition) is 4. The van der Waals surface area contributed by atoms with Gasteiger partial charge >= 0.3 is 0 Å². The molecule has 0 heterocycles. The monoisotopic (exact) mass is 294 g/mol. The number of benzene rings is 1. The Balaban J connectivity index is 2.85. The molecule has 0 aliphatic carbocycles. The Morgan fingerprint density at radius 2 is 1.81 bits per heavy atom. The molecule has 1 amide bonds. The molecule has 0 radical (unpaired) electrons. The van der Waals surface area contributed by atoms with Gasteiger partial charge in [-0.05, 0) is 52.4 Å². The number of nitrogens with one attached hydrogen (secondary N) is 2. The summed E-state index contributed by atoms with van der Waals surface area (Å²) in [6.45, 7) is 7.62. The third-order valence-corrected chi connectivity index (χ3v) is 3.22. The van der Waals surface area contributed by atoms with E-state index < -0.39 is 6.10 Å². The summed E-state index contributed by atoms with van der Waals surface area (Å²) in [5, 5.41) is 6.00. The molecule has 0 saturated heterocycles. The number of carbonyl (C=O) groups excluding carboxylic acids is 1. The topological polar surface area (TPSA) is 59.6 Å². The Hall–Kier alpha value is -1.75. The van der Waals surface area contributed by atoms with E-state index in [-0.39, 0.29) is 18.0 Å². The number of carbonyl (C=O) groups is 1. The summed E-state index contributed by atoms with van der Waals surface area (Å²) >= 11 is 0. The van der Waals surface area contributed by atoms with Gasteiger partial charge in [0, 0.05) is 12.1 Å². The van der Waals surface area contributed by atoms with Crippen LogP contribution in [0.1, 0.15) is 39.3 Å². The lowest BCUT2D eigenvalue weighted by atomic mass is 10.1. The minimum absolute atomic E-state index is 0.0873. The van der Waals surface area contributed by atoms with Crippen molar-refractivity contribution in [3.05, 3.63) is 23.8 Å². The molecule has 2 atom stereocenters. The predicted octanol–water partition coefficient (Wildman–Crippen LogP) is 2.27. The molecule has 0 aromatic heterocycles. The number of hydrogen-bond donors (Lipinski definition) is 2. The molecular formula is C16H26N2O3. The first-order valence-corrected chi connectivity index (χ1v) is 7.21. The van der Waals surface area contributed by atoms with Crippen molar-refractivity contribution in [1.82, 2.24) is 10.6 Å². The second kappa shape index (κ2) is 7.88. The average Bonchev–Trinajstić information content (AvgIpc) is 2.45. The van der Waals surface area contributed by atoms with E-state index in [1.807, 2.05) is 39.1 Å².